The van der Waals surface area contributed by atoms with E-state index in [1.807, 2.05) is 47.2 Å². The van der Waals surface area contributed by atoms with Gasteiger partial charge in [0.25, 0.3) is 0 Å². The topological polar surface area (TPSA) is 54.3 Å². The van der Waals surface area contributed by atoms with Crippen molar-refractivity contribution in [1.29, 1.82) is 0 Å². The summed E-state index contributed by atoms with van der Waals surface area (Å²) in [6.45, 7) is 5.00. The lowest BCUT2D eigenvalue weighted by atomic mass is 9.96. The van der Waals surface area contributed by atoms with Crippen LogP contribution in [0, 0.1) is 0 Å². The van der Waals surface area contributed by atoms with Gasteiger partial charge in [-0.05, 0) is 31.9 Å². The van der Waals surface area contributed by atoms with Crippen molar-refractivity contribution in [2.24, 2.45) is 0 Å². The summed E-state index contributed by atoms with van der Waals surface area (Å²) in [5.41, 5.74) is 1.07. The molecule has 24 heavy (non-hydrogen) atoms. The Morgan fingerprint density at radius 2 is 1.96 bits per heavy atom. The van der Waals surface area contributed by atoms with Crippen molar-refractivity contribution in [3.05, 3.63) is 42.5 Å². The van der Waals surface area contributed by atoms with Crippen LogP contribution >= 0.6 is 0 Å². The van der Waals surface area contributed by atoms with Crippen molar-refractivity contribution < 1.29 is 4.79 Å². The van der Waals surface area contributed by atoms with E-state index in [2.05, 4.69) is 21.7 Å². The average Bonchev–Trinajstić information content (AvgIpc) is 3.11. The van der Waals surface area contributed by atoms with Gasteiger partial charge >= 0.3 is 0 Å². The molecule has 1 amide bonds. The lowest BCUT2D eigenvalue weighted by Crippen LogP contribution is -2.43. The van der Waals surface area contributed by atoms with Gasteiger partial charge < -0.3 is 14.4 Å². The van der Waals surface area contributed by atoms with E-state index < -0.39 is 0 Å². The van der Waals surface area contributed by atoms with Crippen LogP contribution in [0.2, 0.25) is 0 Å². The minimum absolute atomic E-state index is 0.191. The van der Waals surface area contributed by atoms with E-state index in [1.54, 1.807) is 6.33 Å². The molecule has 128 valence electrons. The van der Waals surface area contributed by atoms with E-state index in [-0.39, 0.29) is 5.91 Å². The summed E-state index contributed by atoms with van der Waals surface area (Å²) in [7, 11) is 1.96. The molecule has 1 aliphatic rings. The van der Waals surface area contributed by atoms with Crippen molar-refractivity contribution in [2.75, 3.05) is 31.6 Å². The quantitative estimate of drug-likeness (QED) is 0.844. The van der Waals surface area contributed by atoms with Gasteiger partial charge in [0.2, 0.25) is 5.91 Å². The second-order valence-corrected chi connectivity index (χ2v) is 6.32. The van der Waals surface area contributed by atoms with Crippen molar-refractivity contribution in [3.8, 4) is 0 Å². The summed E-state index contributed by atoms with van der Waals surface area (Å²) < 4.78 is 2.10. The Morgan fingerprint density at radius 1 is 1.25 bits per heavy atom. The number of likely N-dealkylation sites (tertiary alicyclic amines) is 1. The highest BCUT2D eigenvalue weighted by Crippen LogP contribution is 2.26. The number of aryl methyl sites for hydroxylation is 1. The molecule has 0 N–H and O–H groups in total. The number of amides is 1. The maximum atomic E-state index is 12.5. The van der Waals surface area contributed by atoms with Gasteiger partial charge in [0.15, 0.2) is 0 Å². The molecular weight excluding hydrogens is 302 g/mol. The molecule has 6 nitrogen and oxygen atoms in total. The zero-order chi connectivity index (χ0) is 16.9. The molecule has 0 aliphatic carbocycles. The molecule has 1 saturated heterocycles. The summed E-state index contributed by atoms with van der Waals surface area (Å²) in [5.74, 6) is 1.66. The van der Waals surface area contributed by atoms with E-state index in [4.69, 9.17) is 0 Å². The molecule has 0 spiro atoms. The fraction of sp³-hybridized carbons (Fsp3) is 0.500. The third-order valence-electron chi connectivity index (χ3n) is 4.77. The predicted molar refractivity (Wildman–Crippen MR) is 94.0 cm³/mol. The molecule has 1 fully saturated rings. The van der Waals surface area contributed by atoms with Crippen LogP contribution in [0.4, 0.5) is 5.69 Å². The van der Waals surface area contributed by atoms with E-state index in [0.29, 0.717) is 12.5 Å². The molecule has 6 heteroatoms. The van der Waals surface area contributed by atoms with Gasteiger partial charge in [0, 0.05) is 38.3 Å². The number of rotatable bonds is 5. The number of benzene rings is 1. The summed E-state index contributed by atoms with van der Waals surface area (Å²) >= 11 is 0. The first kappa shape index (κ1) is 16.5. The number of carbonyl (C=O) groups is 1. The number of likely N-dealkylation sites (N-methyl/N-ethyl adjacent to an activating group) is 1. The Bertz CT molecular complexity index is 661. The first-order valence-corrected chi connectivity index (χ1v) is 8.60. The number of nitrogens with zero attached hydrogens (tertiary/aromatic N) is 5. The highest BCUT2D eigenvalue weighted by atomic mass is 16.2. The zero-order valence-corrected chi connectivity index (χ0v) is 14.4. The van der Waals surface area contributed by atoms with Crippen molar-refractivity contribution >= 4 is 11.6 Å². The fourth-order valence-corrected chi connectivity index (χ4v) is 3.29. The normalized spacial score (nSPS) is 15.5. The van der Waals surface area contributed by atoms with Gasteiger partial charge in [-0.1, -0.05) is 18.2 Å². The van der Waals surface area contributed by atoms with Crippen LogP contribution in [-0.2, 0) is 11.3 Å². The Hall–Kier alpha value is -2.37. The molecule has 2 aromatic rings. The summed E-state index contributed by atoms with van der Waals surface area (Å²) in [6, 6.07) is 10.0. The van der Waals surface area contributed by atoms with Crippen molar-refractivity contribution in [3.63, 3.8) is 0 Å². The zero-order valence-electron chi connectivity index (χ0n) is 14.4. The number of piperidine rings is 1. The van der Waals surface area contributed by atoms with Gasteiger partial charge in [0.1, 0.15) is 12.2 Å². The van der Waals surface area contributed by atoms with E-state index in [1.165, 1.54) is 0 Å². The molecule has 0 unspecified atom stereocenters. The van der Waals surface area contributed by atoms with Crippen LogP contribution in [-0.4, -0.2) is 52.3 Å². The molecular formula is C18H25N5O. The number of carbonyl (C=O) groups excluding carboxylic acids is 1. The number of anilines is 1. The maximum Gasteiger partial charge on any atom is 0.242 e. The molecule has 1 aromatic carbocycles. The van der Waals surface area contributed by atoms with E-state index in [0.717, 1.165) is 44.0 Å². The van der Waals surface area contributed by atoms with Gasteiger partial charge in [-0.2, -0.15) is 0 Å². The number of hydrogen-bond acceptors (Lipinski definition) is 4. The van der Waals surface area contributed by atoms with Crippen LogP contribution in [0.1, 0.15) is 31.5 Å². The van der Waals surface area contributed by atoms with Crippen LogP contribution in [0.5, 0.6) is 0 Å². The second-order valence-electron chi connectivity index (χ2n) is 6.32. The van der Waals surface area contributed by atoms with Crippen LogP contribution in [0.25, 0.3) is 0 Å². The second kappa shape index (κ2) is 7.47. The minimum atomic E-state index is 0.191. The molecule has 1 aromatic heterocycles. The SMILES string of the molecule is CCn1cnnc1C1CCN(C(=O)CN(C)c2ccccc2)CC1. The summed E-state index contributed by atoms with van der Waals surface area (Å²) in [6.07, 6.45) is 3.71. The van der Waals surface area contributed by atoms with E-state index in [9.17, 15) is 4.79 Å². The summed E-state index contributed by atoms with van der Waals surface area (Å²) in [4.78, 5) is 16.5. The Morgan fingerprint density at radius 3 is 2.62 bits per heavy atom. The lowest BCUT2D eigenvalue weighted by Gasteiger charge is -2.33. The maximum absolute atomic E-state index is 12.5. The lowest BCUT2D eigenvalue weighted by molar-refractivity contribution is -0.130. The van der Waals surface area contributed by atoms with Gasteiger partial charge in [-0.25, -0.2) is 0 Å². The highest BCUT2D eigenvalue weighted by Gasteiger charge is 2.27. The smallest absolute Gasteiger partial charge is 0.242 e. The molecule has 0 radical (unpaired) electrons. The number of para-hydroxylation sites is 1. The Balaban J connectivity index is 1.54. The summed E-state index contributed by atoms with van der Waals surface area (Å²) in [5, 5.41) is 8.29. The molecule has 1 aliphatic heterocycles. The average molecular weight is 327 g/mol. The highest BCUT2D eigenvalue weighted by molar-refractivity contribution is 5.81. The fourth-order valence-electron chi connectivity index (χ4n) is 3.29. The molecule has 0 bridgehead atoms. The van der Waals surface area contributed by atoms with Crippen LogP contribution in [0.3, 0.4) is 0 Å². The van der Waals surface area contributed by atoms with Crippen LogP contribution in [0.15, 0.2) is 36.7 Å². The van der Waals surface area contributed by atoms with Crippen molar-refractivity contribution in [2.45, 2.75) is 32.2 Å². The Kier molecular flexibility index (Phi) is 5.13. The number of hydrogen-bond donors (Lipinski definition) is 0. The molecule has 0 saturated carbocycles. The Labute approximate surface area is 143 Å². The van der Waals surface area contributed by atoms with Crippen LogP contribution < -0.4 is 4.90 Å². The van der Waals surface area contributed by atoms with E-state index >= 15 is 0 Å². The largest absolute Gasteiger partial charge is 0.365 e. The molecule has 2 heterocycles. The minimum Gasteiger partial charge on any atom is -0.365 e. The first-order valence-electron chi connectivity index (χ1n) is 8.60. The number of aromatic nitrogens is 3. The first-order chi connectivity index (χ1) is 11.7. The monoisotopic (exact) mass is 327 g/mol. The molecule has 3 rings (SSSR count). The molecule has 0 atom stereocenters. The standard InChI is InChI=1S/C18H25N5O/c1-3-22-14-19-20-18(22)15-9-11-23(12-10-15)17(24)13-21(2)16-7-5-4-6-8-16/h4-8,14-15H,3,9-13H2,1-2H3. The van der Waals surface area contributed by atoms with Crippen molar-refractivity contribution in [1.82, 2.24) is 19.7 Å². The third-order valence-corrected chi connectivity index (χ3v) is 4.77. The van der Waals surface area contributed by atoms with Gasteiger partial charge in [-0.3, -0.25) is 4.79 Å². The predicted octanol–water partition coefficient (Wildman–Crippen LogP) is 2.14. The van der Waals surface area contributed by atoms with Gasteiger partial charge in [0.05, 0.1) is 6.54 Å². The van der Waals surface area contributed by atoms with Gasteiger partial charge in [-0.15, -0.1) is 10.2 Å². The third kappa shape index (κ3) is 3.58.